The van der Waals surface area contributed by atoms with Crippen molar-refractivity contribution < 1.29 is 4.74 Å². The number of piperidine rings is 1. The molecule has 0 unspecified atom stereocenters. The van der Waals surface area contributed by atoms with E-state index in [1.807, 2.05) is 0 Å². The Balaban J connectivity index is 1.86. The van der Waals surface area contributed by atoms with Gasteiger partial charge in [0.25, 0.3) is 0 Å². The van der Waals surface area contributed by atoms with E-state index in [4.69, 9.17) is 14.8 Å². The molecule has 24 heavy (non-hydrogen) atoms. The van der Waals surface area contributed by atoms with Crippen LogP contribution in [0.3, 0.4) is 0 Å². The second-order valence-corrected chi connectivity index (χ2v) is 6.76. The lowest BCUT2D eigenvalue weighted by molar-refractivity contribution is 0.174. The minimum absolute atomic E-state index is 0.369. The molecule has 2 aromatic rings. The Morgan fingerprint density at radius 3 is 2.71 bits per heavy atom. The molecule has 0 amide bonds. The van der Waals surface area contributed by atoms with Gasteiger partial charge >= 0.3 is 0 Å². The van der Waals surface area contributed by atoms with Crippen molar-refractivity contribution >= 4 is 0 Å². The standard InChI is InChI=1S/C19H28N4O/c1-15-7-9-16(10-8-15)14-23-19(17-6-4-5-12-22(17)2)20-18(21-23)11-13-24-3/h7-10,17H,4-6,11-14H2,1-3H3/t17-/m1/s1. The Labute approximate surface area is 144 Å². The molecule has 3 rings (SSSR count). The molecular weight excluding hydrogens is 300 g/mol. The summed E-state index contributed by atoms with van der Waals surface area (Å²) in [6.45, 7) is 4.69. The predicted octanol–water partition coefficient (Wildman–Crippen LogP) is 2.98. The number of likely N-dealkylation sites (tertiary alicyclic amines) is 1. The molecule has 0 spiro atoms. The highest BCUT2D eigenvalue weighted by atomic mass is 16.5. The molecule has 0 radical (unpaired) electrons. The highest BCUT2D eigenvalue weighted by Crippen LogP contribution is 2.28. The predicted molar refractivity (Wildman–Crippen MR) is 95.1 cm³/mol. The van der Waals surface area contributed by atoms with Crippen LogP contribution in [0.4, 0.5) is 0 Å². The Bertz CT molecular complexity index is 650. The van der Waals surface area contributed by atoms with E-state index in [1.54, 1.807) is 7.11 Å². The van der Waals surface area contributed by atoms with Crippen LogP contribution in [0.15, 0.2) is 24.3 Å². The Kier molecular flexibility index (Phi) is 5.63. The summed E-state index contributed by atoms with van der Waals surface area (Å²) in [5.41, 5.74) is 2.55. The largest absolute Gasteiger partial charge is 0.384 e. The third-order valence-corrected chi connectivity index (χ3v) is 4.80. The Morgan fingerprint density at radius 2 is 2.00 bits per heavy atom. The van der Waals surface area contributed by atoms with Gasteiger partial charge < -0.3 is 4.74 Å². The Morgan fingerprint density at radius 1 is 1.21 bits per heavy atom. The van der Waals surface area contributed by atoms with E-state index in [2.05, 4.69) is 47.8 Å². The molecule has 1 aromatic carbocycles. The van der Waals surface area contributed by atoms with Crippen LogP contribution in [-0.4, -0.2) is 47.0 Å². The van der Waals surface area contributed by atoms with Crippen molar-refractivity contribution in [1.82, 2.24) is 19.7 Å². The van der Waals surface area contributed by atoms with Crippen LogP contribution in [0.5, 0.6) is 0 Å². The number of hydrogen-bond donors (Lipinski definition) is 0. The molecule has 5 nitrogen and oxygen atoms in total. The summed E-state index contributed by atoms with van der Waals surface area (Å²) in [5.74, 6) is 1.99. The molecule has 1 saturated heterocycles. The molecule has 0 aliphatic carbocycles. The average Bonchev–Trinajstić information content (AvgIpc) is 2.98. The molecule has 5 heteroatoms. The summed E-state index contributed by atoms with van der Waals surface area (Å²) in [7, 11) is 3.92. The van der Waals surface area contributed by atoms with Crippen molar-refractivity contribution in [3.63, 3.8) is 0 Å². The summed E-state index contributed by atoms with van der Waals surface area (Å²) in [4.78, 5) is 7.28. The number of nitrogens with zero attached hydrogens (tertiary/aromatic N) is 4. The number of benzene rings is 1. The normalized spacial score (nSPS) is 18.9. The van der Waals surface area contributed by atoms with Crippen molar-refractivity contribution in [3.05, 3.63) is 47.0 Å². The molecule has 1 aliphatic rings. The van der Waals surface area contributed by atoms with Crippen LogP contribution in [0, 0.1) is 6.92 Å². The van der Waals surface area contributed by atoms with E-state index >= 15 is 0 Å². The first-order valence-corrected chi connectivity index (χ1v) is 8.85. The lowest BCUT2D eigenvalue weighted by Crippen LogP contribution is -2.31. The number of rotatable bonds is 6. The lowest BCUT2D eigenvalue weighted by atomic mass is 10.0. The van der Waals surface area contributed by atoms with Gasteiger partial charge in [-0.1, -0.05) is 36.2 Å². The summed E-state index contributed by atoms with van der Waals surface area (Å²) < 4.78 is 7.29. The lowest BCUT2D eigenvalue weighted by Gasteiger charge is -2.31. The molecular formula is C19H28N4O. The first-order valence-electron chi connectivity index (χ1n) is 8.85. The monoisotopic (exact) mass is 328 g/mol. The number of aryl methyl sites for hydroxylation is 1. The van der Waals surface area contributed by atoms with Gasteiger partial charge in [-0.2, -0.15) is 5.10 Å². The van der Waals surface area contributed by atoms with E-state index in [0.717, 1.165) is 37.6 Å². The molecule has 0 N–H and O–H groups in total. The van der Waals surface area contributed by atoms with Gasteiger partial charge in [0.2, 0.25) is 0 Å². The van der Waals surface area contributed by atoms with Crippen molar-refractivity contribution in [2.24, 2.45) is 0 Å². The molecule has 0 saturated carbocycles. The fourth-order valence-electron chi connectivity index (χ4n) is 3.33. The van der Waals surface area contributed by atoms with Gasteiger partial charge in [0.15, 0.2) is 5.82 Å². The van der Waals surface area contributed by atoms with Crippen LogP contribution in [0.1, 0.15) is 48.1 Å². The minimum Gasteiger partial charge on any atom is -0.384 e. The quantitative estimate of drug-likeness (QED) is 0.818. The third-order valence-electron chi connectivity index (χ3n) is 4.80. The van der Waals surface area contributed by atoms with Crippen molar-refractivity contribution in [3.8, 4) is 0 Å². The summed E-state index contributed by atoms with van der Waals surface area (Å²) in [6.07, 6.45) is 4.46. The second-order valence-electron chi connectivity index (χ2n) is 6.76. The topological polar surface area (TPSA) is 43.2 Å². The van der Waals surface area contributed by atoms with Crippen molar-refractivity contribution in [2.45, 2.75) is 45.2 Å². The fourth-order valence-corrected chi connectivity index (χ4v) is 3.33. The van der Waals surface area contributed by atoms with Gasteiger partial charge in [-0.05, 0) is 38.9 Å². The van der Waals surface area contributed by atoms with Gasteiger partial charge in [-0.3, -0.25) is 4.90 Å². The van der Waals surface area contributed by atoms with E-state index < -0.39 is 0 Å². The smallest absolute Gasteiger partial charge is 0.153 e. The molecule has 1 fully saturated rings. The van der Waals surface area contributed by atoms with Gasteiger partial charge in [0.05, 0.1) is 19.2 Å². The third kappa shape index (κ3) is 4.02. The maximum Gasteiger partial charge on any atom is 0.153 e. The van der Waals surface area contributed by atoms with E-state index in [9.17, 15) is 0 Å². The van der Waals surface area contributed by atoms with E-state index in [0.29, 0.717) is 12.6 Å². The molecule has 2 heterocycles. The molecule has 1 aromatic heterocycles. The highest BCUT2D eigenvalue weighted by molar-refractivity contribution is 5.21. The first-order chi connectivity index (χ1) is 11.7. The van der Waals surface area contributed by atoms with Crippen LogP contribution in [0.25, 0.3) is 0 Å². The van der Waals surface area contributed by atoms with Crippen LogP contribution in [0.2, 0.25) is 0 Å². The summed E-state index contributed by atoms with van der Waals surface area (Å²) in [5, 5.41) is 4.77. The van der Waals surface area contributed by atoms with Gasteiger partial charge in [0.1, 0.15) is 5.82 Å². The zero-order valence-corrected chi connectivity index (χ0v) is 15.0. The second kappa shape index (κ2) is 7.90. The number of ether oxygens (including phenoxy) is 1. The van der Waals surface area contributed by atoms with E-state index in [-0.39, 0.29) is 0 Å². The number of methoxy groups -OCH3 is 1. The highest BCUT2D eigenvalue weighted by Gasteiger charge is 2.26. The zero-order chi connectivity index (χ0) is 16.9. The molecule has 1 atom stereocenters. The Hall–Kier alpha value is -1.72. The van der Waals surface area contributed by atoms with Gasteiger partial charge in [-0.15, -0.1) is 0 Å². The molecule has 0 bridgehead atoms. The van der Waals surface area contributed by atoms with E-state index in [1.165, 1.54) is 24.0 Å². The fraction of sp³-hybridized carbons (Fsp3) is 0.579. The number of aromatic nitrogens is 3. The average molecular weight is 328 g/mol. The summed E-state index contributed by atoms with van der Waals surface area (Å²) >= 11 is 0. The van der Waals surface area contributed by atoms with Gasteiger partial charge in [-0.25, -0.2) is 9.67 Å². The van der Waals surface area contributed by atoms with Crippen LogP contribution in [-0.2, 0) is 17.7 Å². The van der Waals surface area contributed by atoms with Crippen LogP contribution >= 0.6 is 0 Å². The van der Waals surface area contributed by atoms with Gasteiger partial charge in [0, 0.05) is 13.5 Å². The van der Waals surface area contributed by atoms with Crippen LogP contribution < -0.4 is 0 Å². The molecule has 130 valence electrons. The van der Waals surface area contributed by atoms with Crippen molar-refractivity contribution in [1.29, 1.82) is 0 Å². The minimum atomic E-state index is 0.369. The SMILES string of the molecule is COCCc1nc([C@H]2CCCCN2C)n(Cc2ccc(C)cc2)n1. The maximum absolute atomic E-state index is 5.19. The molecule has 1 aliphatic heterocycles. The first kappa shape index (κ1) is 17.1. The maximum atomic E-state index is 5.19. The number of hydrogen-bond acceptors (Lipinski definition) is 4. The van der Waals surface area contributed by atoms with Crippen molar-refractivity contribution in [2.75, 3.05) is 27.3 Å². The summed E-state index contributed by atoms with van der Waals surface area (Å²) in [6, 6.07) is 9.04. The zero-order valence-electron chi connectivity index (χ0n) is 15.0.